The Morgan fingerprint density at radius 2 is 1.58 bits per heavy atom. The third-order valence-electron chi connectivity index (χ3n) is 4.89. The van der Waals surface area contributed by atoms with Gasteiger partial charge < -0.3 is 9.57 Å². The maximum absolute atomic E-state index is 13.4. The molecule has 0 saturated carbocycles. The molecule has 0 aliphatic carbocycles. The van der Waals surface area contributed by atoms with Crippen LogP contribution in [0.25, 0.3) is 0 Å². The van der Waals surface area contributed by atoms with Crippen LogP contribution in [0.1, 0.15) is 23.6 Å². The number of ether oxygens (including phenoxy) is 1. The molecule has 0 saturated heterocycles. The first-order valence-corrected chi connectivity index (χ1v) is 10.0. The van der Waals surface area contributed by atoms with E-state index in [4.69, 9.17) is 9.57 Å². The molecule has 3 aromatic carbocycles. The summed E-state index contributed by atoms with van der Waals surface area (Å²) in [7, 11) is 0. The molecule has 1 aliphatic rings. The fourth-order valence-corrected chi connectivity index (χ4v) is 3.40. The van der Waals surface area contributed by atoms with E-state index in [0.29, 0.717) is 24.6 Å². The van der Waals surface area contributed by atoms with Crippen LogP contribution < -0.4 is 4.74 Å². The van der Waals surface area contributed by atoms with E-state index < -0.39 is 6.10 Å². The molecular weight excluding hydrogens is 392 g/mol. The molecule has 6 nitrogen and oxygen atoms in total. The summed E-state index contributed by atoms with van der Waals surface area (Å²) in [5, 5.41) is 4.31. The number of rotatable bonds is 6. The number of carbonyl (C=O) groups excluding carboxylic acids is 2. The highest BCUT2D eigenvalue weighted by Gasteiger charge is 2.34. The van der Waals surface area contributed by atoms with Crippen molar-refractivity contribution in [1.29, 1.82) is 0 Å². The number of benzene rings is 3. The van der Waals surface area contributed by atoms with E-state index in [1.807, 2.05) is 72.8 Å². The summed E-state index contributed by atoms with van der Waals surface area (Å²) >= 11 is 0. The van der Waals surface area contributed by atoms with Gasteiger partial charge in [-0.3, -0.25) is 14.5 Å². The van der Waals surface area contributed by atoms with Crippen molar-refractivity contribution in [3.05, 3.63) is 102 Å². The molecule has 1 amide bonds. The topological polar surface area (TPSA) is 68.2 Å². The lowest BCUT2D eigenvalue weighted by Gasteiger charge is -2.31. The van der Waals surface area contributed by atoms with Gasteiger partial charge in [0.2, 0.25) is 6.10 Å². The molecule has 1 unspecified atom stereocenters. The highest BCUT2D eigenvalue weighted by Crippen LogP contribution is 2.22. The van der Waals surface area contributed by atoms with Crippen LogP contribution in [0.5, 0.6) is 5.75 Å². The Bertz CT molecular complexity index is 1080. The molecule has 3 aromatic rings. The molecule has 31 heavy (non-hydrogen) atoms. The predicted octanol–water partition coefficient (Wildman–Crippen LogP) is 3.94. The Morgan fingerprint density at radius 3 is 2.23 bits per heavy atom. The van der Waals surface area contributed by atoms with Crippen LogP contribution >= 0.6 is 0 Å². The average molecular weight is 414 g/mol. The summed E-state index contributed by atoms with van der Waals surface area (Å²) in [5.74, 6) is 0.405. The highest BCUT2D eigenvalue weighted by molar-refractivity contribution is 6.09. The molecule has 156 valence electrons. The van der Waals surface area contributed by atoms with E-state index in [1.54, 1.807) is 17.0 Å². The average Bonchev–Trinajstić information content (AvgIpc) is 2.79. The van der Waals surface area contributed by atoms with Gasteiger partial charge in [-0.15, -0.1) is 0 Å². The van der Waals surface area contributed by atoms with Crippen LogP contribution in [0.15, 0.2) is 90.1 Å². The number of oxime groups is 1. The Morgan fingerprint density at radius 1 is 0.935 bits per heavy atom. The smallest absolute Gasteiger partial charge is 0.308 e. The second-order valence-electron chi connectivity index (χ2n) is 7.23. The Balaban J connectivity index is 1.60. The Kier molecular flexibility index (Phi) is 6.08. The maximum atomic E-state index is 13.4. The number of esters is 1. The number of amides is 1. The molecule has 0 bridgehead atoms. The monoisotopic (exact) mass is 414 g/mol. The summed E-state index contributed by atoms with van der Waals surface area (Å²) in [6.45, 7) is 1.68. The third kappa shape index (κ3) is 4.98. The molecule has 0 fully saturated rings. The largest absolute Gasteiger partial charge is 0.427 e. The molecule has 0 spiro atoms. The van der Waals surface area contributed by atoms with E-state index in [-0.39, 0.29) is 11.9 Å². The lowest BCUT2D eigenvalue weighted by Crippen LogP contribution is -2.48. The third-order valence-corrected chi connectivity index (χ3v) is 4.89. The lowest BCUT2D eigenvalue weighted by atomic mass is 10.0. The number of amidine groups is 1. The minimum absolute atomic E-state index is 0.151. The molecule has 0 aromatic heterocycles. The molecule has 6 heteroatoms. The zero-order chi connectivity index (χ0) is 21.6. The molecule has 0 N–H and O–H groups in total. The van der Waals surface area contributed by atoms with Crippen molar-refractivity contribution in [2.45, 2.75) is 26.0 Å². The van der Waals surface area contributed by atoms with E-state index >= 15 is 0 Å². The van der Waals surface area contributed by atoms with Gasteiger partial charge in [-0.25, -0.2) is 0 Å². The van der Waals surface area contributed by atoms with Gasteiger partial charge in [-0.05, 0) is 23.3 Å². The Labute approximate surface area is 180 Å². The standard InChI is InChI=1S/C25H22N2O4/c1-18(28)30-22-14-12-20(13-15-22)17-27-24(21-10-6-3-7-11-21)26-31-23(25(27)29)16-19-8-4-2-5-9-19/h2-15,23H,16-17H2,1H3. The second-order valence-corrected chi connectivity index (χ2v) is 7.23. The van der Waals surface area contributed by atoms with Gasteiger partial charge in [-0.2, -0.15) is 0 Å². The fourth-order valence-electron chi connectivity index (χ4n) is 3.40. The maximum Gasteiger partial charge on any atom is 0.308 e. The summed E-state index contributed by atoms with van der Waals surface area (Å²) < 4.78 is 5.09. The quantitative estimate of drug-likeness (QED) is 0.453. The zero-order valence-electron chi connectivity index (χ0n) is 17.1. The van der Waals surface area contributed by atoms with E-state index in [2.05, 4.69) is 5.16 Å². The van der Waals surface area contributed by atoms with Gasteiger partial charge in [0.1, 0.15) is 5.75 Å². The highest BCUT2D eigenvalue weighted by atomic mass is 16.6. The van der Waals surface area contributed by atoms with E-state index in [1.165, 1.54) is 6.92 Å². The minimum atomic E-state index is -0.699. The SMILES string of the molecule is CC(=O)Oc1ccc(CN2C(=O)C(Cc3ccccc3)ON=C2c2ccccc2)cc1. The fraction of sp³-hybridized carbons (Fsp3) is 0.160. The minimum Gasteiger partial charge on any atom is -0.427 e. The second kappa shape index (κ2) is 9.26. The number of carbonyl (C=O) groups is 2. The Hall–Kier alpha value is -3.93. The first-order valence-electron chi connectivity index (χ1n) is 10.0. The van der Waals surface area contributed by atoms with Crippen LogP contribution in [-0.2, 0) is 27.4 Å². The predicted molar refractivity (Wildman–Crippen MR) is 116 cm³/mol. The summed E-state index contributed by atoms with van der Waals surface area (Å²) in [6, 6.07) is 26.3. The molecule has 1 aliphatic heterocycles. The van der Waals surface area contributed by atoms with Gasteiger partial charge >= 0.3 is 5.97 Å². The van der Waals surface area contributed by atoms with Crippen LogP contribution in [0.2, 0.25) is 0 Å². The van der Waals surface area contributed by atoms with Crippen molar-refractivity contribution in [3.8, 4) is 5.75 Å². The van der Waals surface area contributed by atoms with Crippen LogP contribution in [0, 0.1) is 0 Å². The molecule has 4 rings (SSSR count). The van der Waals surface area contributed by atoms with Gasteiger partial charge in [0.05, 0.1) is 6.54 Å². The number of nitrogens with zero attached hydrogens (tertiary/aromatic N) is 2. The van der Waals surface area contributed by atoms with E-state index in [9.17, 15) is 9.59 Å². The first kappa shape index (κ1) is 20.3. The lowest BCUT2D eigenvalue weighted by molar-refractivity contribution is -0.143. The van der Waals surface area contributed by atoms with Crippen LogP contribution in [0.3, 0.4) is 0 Å². The van der Waals surface area contributed by atoms with E-state index in [0.717, 1.165) is 16.7 Å². The van der Waals surface area contributed by atoms with Crippen LogP contribution in [-0.4, -0.2) is 28.7 Å². The normalized spacial score (nSPS) is 15.8. The first-order chi connectivity index (χ1) is 15.1. The van der Waals surface area contributed by atoms with Gasteiger partial charge in [0, 0.05) is 18.9 Å². The molecular formula is C25H22N2O4. The summed E-state index contributed by atoms with van der Waals surface area (Å²) in [4.78, 5) is 31.8. The summed E-state index contributed by atoms with van der Waals surface area (Å²) in [6.07, 6.45) is -0.261. The zero-order valence-corrected chi connectivity index (χ0v) is 17.1. The van der Waals surface area contributed by atoms with Crippen molar-refractivity contribution >= 4 is 17.7 Å². The number of hydrogen-bond donors (Lipinski definition) is 0. The molecule has 1 heterocycles. The van der Waals surface area contributed by atoms with Crippen molar-refractivity contribution in [2.24, 2.45) is 5.16 Å². The number of hydrogen-bond acceptors (Lipinski definition) is 5. The van der Waals surface area contributed by atoms with Crippen molar-refractivity contribution in [3.63, 3.8) is 0 Å². The molecule has 0 radical (unpaired) electrons. The molecule has 1 atom stereocenters. The van der Waals surface area contributed by atoms with Crippen molar-refractivity contribution in [2.75, 3.05) is 0 Å². The van der Waals surface area contributed by atoms with Crippen LogP contribution in [0.4, 0.5) is 0 Å². The van der Waals surface area contributed by atoms with Gasteiger partial charge in [-0.1, -0.05) is 78.0 Å². The van der Waals surface area contributed by atoms with Crippen molar-refractivity contribution in [1.82, 2.24) is 4.90 Å². The van der Waals surface area contributed by atoms with Crippen molar-refractivity contribution < 1.29 is 19.2 Å². The van der Waals surface area contributed by atoms with Gasteiger partial charge in [0.15, 0.2) is 5.84 Å². The summed E-state index contributed by atoms with van der Waals surface area (Å²) in [5.41, 5.74) is 2.68. The van der Waals surface area contributed by atoms with Gasteiger partial charge in [0.25, 0.3) is 5.91 Å².